The summed E-state index contributed by atoms with van der Waals surface area (Å²) >= 11 is 1.57. The van der Waals surface area contributed by atoms with Crippen LogP contribution in [0, 0.1) is 0 Å². The van der Waals surface area contributed by atoms with E-state index in [0.717, 1.165) is 26.6 Å². The second-order valence-electron chi connectivity index (χ2n) is 5.32. The van der Waals surface area contributed by atoms with Crippen molar-refractivity contribution in [1.82, 2.24) is 25.2 Å². The molecule has 7 heteroatoms. The van der Waals surface area contributed by atoms with Crippen molar-refractivity contribution in [3.63, 3.8) is 0 Å². The first kappa shape index (κ1) is 13.8. The van der Waals surface area contributed by atoms with E-state index in [1.165, 1.54) is 0 Å². The molecule has 2 aromatic heterocycles. The summed E-state index contributed by atoms with van der Waals surface area (Å²) in [5.74, 6) is 0.689. The van der Waals surface area contributed by atoms with Gasteiger partial charge >= 0.3 is 0 Å². The second-order valence-corrected chi connectivity index (χ2v) is 6.33. The molecule has 2 aromatic carbocycles. The predicted molar refractivity (Wildman–Crippen MR) is 92.1 cm³/mol. The molecule has 0 bridgehead atoms. The van der Waals surface area contributed by atoms with Gasteiger partial charge in [0.25, 0.3) is 0 Å². The Morgan fingerprint density at radius 2 is 1.78 bits per heavy atom. The van der Waals surface area contributed by atoms with Crippen LogP contribution in [0.15, 0.2) is 48.5 Å². The van der Waals surface area contributed by atoms with Crippen LogP contribution in [-0.2, 0) is 0 Å². The average molecular weight is 322 g/mol. The molecule has 0 aliphatic heterocycles. The lowest BCUT2D eigenvalue weighted by Gasteiger charge is -2.12. The molecule has 0 saturated carbocycles. The van der Waals surface area contributed by atoms with E-state index in [1.54, 1.807) is 16.0 Å². The van der Waals surface area contributed by atoms with Crippen LogP contribution in [0.5, 0.6) is 0 Å². The van der Waals surface area contributed by atoms with Crippen LogP contribution >= 0.6 is 11.3 Å². The van der Waals surface area contributed by atoms with E-state index in [-0.39, 0.29) is 0 Å². The molecule has 0 spiro atoms. The average Bonchev–Trinajstić information content (AvgIpc) is 3.21. The third kappa shape index (κ3) is 2.44. The molecule has 114 valence electrons. The van der Waals surface area contributed by atoms with Crippen LogP contribution in [0.3, 0.4) is 0 Å². The number of nitrogens with zero attached hydrogens (tertiary/aromatic N) is 6. The number of rotatable bonds is 3. The van der Waals surface area contributed by atoms with E-state index in [4.69, 9.17) is 0 Å². The molecule has 0 fully saturated rings. The molecule has 6 nitrogen and oxygen atoms in total. The van der Waals surface area contributed by atoms with Gasteiger partial charge in [0.2, 0.25) is 5.13 Å². The summed E-state index contributed by atoms with van der Waals surface area (Å²) in [5.41, 5.74) is 3.05. The first-order chi connectivity index (χ1) is 11.2. The first-order valence-electron chi connectivity index (χ1n) is 7.14. The number of fused-ring (bicyclic) bond motifs is 1. The lowest BCUT2D eigenvalue weighted by atomic mass is 10.2. The van der Waals surface area contributed by atoms with Crippen molar-refractivity contribution in [1.29, 1.82) is 0 Å². The first-order valence-corrected chi connectivity index (χ1v) is 7.96. The van der Waals surface area contributed by atoms with E-state index >= 15 is 0 Å². The topological polar surface area (TPSA) is 59.7 Å². The van der Waals surface area contributed by atoms with E-state index < -0.39 is 0 Å². The Morgan fingerprint density at radius 1 is 1.00 bits per heavy atom. The molecule has 0 atom stereocenters. The molecule has 0 aliphatic carbocycles. The minimum absolute atomic E-state index is 0.689. The number of thiazole rings is 1. The fraction of sp³-hybridized carbons (Fsp3) is 0.125. The third-order valence-electron chi connectivity index (χ3n) is 3.58. The zero-order valence-electron chi connectivity index (χ0n) is 12.7. The molecule has 4 rings (SSSR count). The number of hydrogen-bond donors (Lipinski definition) is 0. The zero-order valence-corrected chi connectivity index (χ0v) is 13.5. The summed E-state index contributed by atoms with van der Waals surface area (Å²) in [6.07, 6.45) is 0. The van der Waals surface area contributed by atoms with Crippen molar-refractivity contribution in [2.24, 2.45) is 0 Å². The number of benzene rings is 2. The maximum absolute atomic E-state index is 4.62. The van der Waals surface area contributed by atoms with Gasteiger partial charge in [0.15, 0.2) is 5.82 Å². The number of aromatic nitrogens is 5. The highest BCUT2D eigenvalue weighted by Gasteiger charge is 2.14. The van der Waals surface area contributed by atoms with Gasteiger partial charge in [-0.15, -0.1) is 5.10 Å². The summed E-state index contributed by atoms with van der Waals surface area (Å²) in [6, 6.07) is 16.2. The van der Waals surface area contributed by atoms with E-state index in [0.29, 0.717) is 5.82 Å². The van der Waals surface area contributed by atoms with Crippen molar-refractivity contribution in [3.05, 3.63) is 48.5 Å². The van der Waals surface area contributed by atoms with E-state index in [9.17, 15) is 0 Å². The smallest absolute Gasteiger partial charge is 0.215 e. The fourth-order valence-corrected chi connectivity index (χ4v) is 3.27. The van der Waals surface area contributed by atoms with Gasteiger partial charge in [0.1, 0.15) is 0 Å². The Hall–Kier alpha value is -2.80. The summed E-state index contributed by atoms with van der Waals surface area (Å²) in [7, 11) is 4.03. The highest BCUT2D eigenvalue weighted by molar-refractivity contribution is 7.20. The SMILES string of the molecule is CN(C)c1ccc(-c2nnnn2-c2nc3ccccc3s2)cc1. The van der Waals surface area contributed by atoms with Crippen LogP contribution < -0.4 is 4.90 Å². The van der Waals surface area contributed by atoms with Crippen LogP contribution in [0.2, 0.25) is 0 Å². The maximum atomic E-state index is 4.62. The Kier molecular flexibility index (Phi) is 3.27. The number of anilines is 1. The van der Waals surface area contributed by atoms with Gasteiger partial charge in [0.05, 0.1) is 10.2 Å². The van der Waals surface area contributed by atoms with Gasteiger partial charge < -0.3 is 4.90 Å². The van der Waals surface area contributed by atoms with Crippen molar-refractivity contribution in [2.45, 2.75) is 0 Å². The summed E-state index contributed by atoms with van der Waals surface area (Å²) in [5, 5.41) is 12.9. The monoisotopic (exact) mass is 322 g/mol. The Balaban J connectivity index is 1.78. The van der Waals surface area contributed by atoms with Crippen LogP contribution in [0.25, 0.3) is 26.7 Å². The molecule has 2 heterocycles. The maximum Gasteiger partial charge on any atom is 0.215 e. The predicted octanol–water partition coefficient (Wildman–Crippen LogP) is 3.01. The molecular formula is C16H14N6S. The fourth-order valence-electron chi connectivity index (χ4n) is 2.36. The molecule has 23 heavy (non-hydrogen) atoms. The summed E-state index contributed by atoms with van der Waals surface area (Å²) < 4.78 is 2.81. The quantitative estimate of drug-likeness (QED) is 0.580. The number of hydrogen-bond acceptors (Lipinski definition) is 6. The van der Waals surface area contributed by atoms with Crippen molar-refractivity contribution in [2.75, 3.05) is 19.0 Å². The van der Waals surface area contributed by atoms with Gasteiger partial charge in [-0.05, 0) is 46.8 Å². The Morgan fingerprint density at radius 3 is 2.52 bits per heavy atom. The van der Waals surface area contributed by atoms with Gasteiger partial charge in [-0.25, -0.2) is 4.98 Å². The van der Waals surface area contributed by atoms with Crippen LogP contribution in [-0.4, -0.2) is 39.3 Å². The largest absolute Gasteiger partial charge is 0.378 e. The highest BCUT2D eigenvalue weighted by atomic mass is 32.1. The zero-order chi connectivity index (χ0) is 15.8. The number of para-hydroxylation sites is 1. The molecule has 0 aliphatic rings. The van der Waals surface area contributed by atoms with Crippen molar-refractivity contribution < 1.29 is 0 Å². The summed E-state index contributed by atoms with van der Waals surface area (Å²) in [6.45, 7) is 0. The standard InChI is InChI=1S/C16H14N6S/c1-21(2)12-9-7-11(8-10-12)15-18-19-20-22(15)16-17-13-5-3-4-6-14(13)23-16/h3-10H,1-2H3. The molecule has 0 amide bonds. The van der Waals surface area contributed by atoms with Gasteiger partial charge in [-0.1, -0.05) is 23.5 Å². The molecule has 0 N–H and O–H groups in total. The third-order valence-corrected chi connectivity index (χ3v) is 4.59. The lowest BCUT2D eigenvalue weighted by molar-refractivity contribution is 0.788. The van der Waals surface area contributed by atoms with Gasteiger partial charge in [-0.2, -0.15) is 4.68 Å². The van der Waals surface area contributed by atoms with Gasteiger partial charge in [0, 0.05) is 25.3 Å². The molecular weight excluding hydrogens is 308 g/mol. The lowest BCUT2D eigenvalue weighted by Crippen LogP contribution is -2.08. The van der Waals surface area contributed by atoms with Crippen molar-refractivity contribution in [3.8, 4) is 16.5 Å². The van der Waals surface area contributed by atoms with Gasteiger partial charge in [-0.3, -0.25) is 0 Å². The van der Waals surface area contributed by atoms with Crippen LogP contribution in [0.1, 0.15) is 0 Å². The second kappa shape index (κ2) is 5.44. The van der Waals surface area contributed by atoms with E-state index in [2.05, 4.69) is 25.4 Å². The van der Waals surface area contributed by atoms with Crippen molar-refractivity contribution >= 4 is 27.2 Å². The summed E-state index contributed by atoms with van der Waals surface area (Å²) in [4.78, 5) is 6.67. The molecule has 0 unspecified atom stereocenters. The van der Waals surface area contributed by atoms with Crippen LogP contribution in [0.4, 0.5) is 5.69 Å². The normalized spacial score (nSPS) is 11.0. The Labute approximate surface area is 137 Å². The molecule has 4 aromatic rings. The van der Waals surface area contributed by atoms with E-state index in [1.807, 2.05) is 62.6 Å². The highest BCUT2D eigenvalue weighted by Crippen LogP contribution is 2.27. The minimum atomic E-state index is 0.689. The minimum Gasteiger partial charge on any atom is -0.378 e. The molecule has 0 saturated heterocycles. The molecule has 0 radical (unpaired) electrons. The Bertz CT molecular complexity index is 921. The number of tetrazole rings is 1.